The van der Waals surface area contributed by atoms with Crippen LogP contribution in [0.5, 0.6) is 11.5 Å². The molecule has 0 aliphatic heterocycles. The molecule has 0 spiro atoms. The summed E-state index contributed by atoms with van der Waals surface area (Å²) in [5, 5.41) is 10.3. The van der Waals surface area contributed by atoms with Gasteiger partial charge in [-0.3, -0.25) is 4.79 Å². The lowest BCUT2D eigenvalue weighted by molar-refractivity contribution is -0.141. The van der Waals surface area contributed by atoms with Gasteiger partial charge in [-0.15, -0.1) is 0 Å². The van der Waals surface area contributed by atoms with E-state index in [4.69, 9.17) is 21.1 Å². The smallest absolute Gasteiger partial charge is 0.305 e. The van der Waals surface area contributed by atoms with E-state index < -0.39 is 6.10 Å². The predicted octanol–water partition coefficient (Wildman–Crippen LogP) is 2.34. The summed E-state index contributed by atoms with van der Waals surface area (Å²) in [5.41, 5.74) is 0.489. The number of rotatable bonds is 6. The van der Waals surface area contributed by atoms with Crippen LogP contribution in [0.3, 0.4) is 0 Å². The molecule has 1 N–H and O–H groups in total. The lowest BCUT2D eigenvalue weighted by Crippen LogP contribution is -2.06. The Morgan fingerprint density at radius 1 is 1.32 bits per heavy atom. The van der Waals surface area contributed by atoms with Crippen molar-refractivity contribution in [2.75, 3.05) is 21.3 Å². The molecule has 1 unspecified atom stereocenters. The molecule has 0 bridgehead atoms. The molecule has 0 fully saturated rings. The summed E-state index contributed by atoms with van der Waals surface area (Å²) in [6, 6.07) is 3.30. The van der Waals surface area contributed by atoms with Crippen LogP contribution < -0.4 is 9.47 Å². The first-order valence-corrected chi connectivity index (χ1v) is 6.08. The van der Waals surface area contributed by atoms with Gasteiger partial charge in [0.15, 0.2) is 11.5 Å². The van der Waals surface area contributed by atoms with Gasteiger partial charge in [-0.25, -0.2) is 0 Å². The van der Waals surface area contributed by atoms with Gasteiger partial charge in [0.25, 0.3) is 0 Å². The van der Waals surface area contributed by atoms with Crippen LogP contribution >= 0.6 is 11.6 Å². The number of halogens is 1. The number of carbonyl (C=O) groups is 1. The topological polar surface area (TPSA) is 65.0 Å². The van der Waals surface area contributed by atoms with Gasteiger partial charge in [-0.05, 0) is 12.5 Å². The molecular formula is C13H17ClO5. The van der Waals surface area contributed by atoms with E-state index in [1.165, 1.54) is 21.3 Å². The molecule has 1 aromatic rings. The highest BCUT2D eigenvalue weighted by Gasteiger charge is 2.19. The summed E-state index contributed by atoms with van der Waals surface area (Å²) in [4.78, 5) is 11.0. The summed E-state index contributed by atoms with van der Waals surface area (Å²) < 4.78 is 14.8. The Hall–Kier alpha value is -1.46. The van der Waals surface area contributed by atoms with Crippen molar-refractivity contribution in [3.63, 3.8) is 0 Å². The van der Waals surface area contributed by atoms with Crippen LogP contribution in [0.2, 0.25) is 5.02 Å². The number of aliphatic hydroxyl groups is 1. The van der Waals surface area contributed by atoms with Gasteiger partial charge in [0.05, 0.1) is 32.5 Å². The molecule has 0 saturated carbocycles. The van der Waals surface area contributed by atoms with E-state index in [-0.39, 0.29) is 23.8 Å². The van der Waals surface area contributed by atoms with Gasteiger partial charge < -0.3 is 19.3 Å². The van der Waals surface area contributed by atoms with E-state index in [1.807, 2.05) is 0 Å². The Morgan fingerprint density at radius 2 is 2.00 bits per heavy atom. The summed E-state index contributed by atoms with van der Waals surface area (Å²) in [7, 11) is 4.27. The third-order valence-electron chi connectivity index (χ3n) is 2.72. The number of hydrogen-bond donors (Lipinski definition) is 1. The van der Waals surface area contributed by atoms with E-state index in [1.54, 1.807) is 12.1 Å². The van der Waals surface area contributed by atoms with Crippen LogP contribution in [0.1, 0.15) is 24.5 Å². The maximum Gasteiger partial charge on any atom is 0.305 e. The van der Waals surface area contributed by atoms with Crippen molar-refractivity contribution in [3.8, 4) is 11.5 Å². The first-order chi connectivity index (χ1) is 9.04. The second-order valence-electron chi connectivity index (χ2n) is 3.83. The molecule has 0 aliphatic carbocycles. The number of aliphatic hydroxyl groups excluding tert-OH is 1. The summed E-state index contributed by atoms with van der Waals surface area (Å²) in [5.74, 6) is 0.464. The van der Waals surface area contributed by atoms with E-state index >= 15 is 0 Å². The minimum atomic E-state index is -0.869. The molecular weight excluding hydrogens is 272 g/mol. The number of ether oxygens (including phenoxy) is 3. The van der Waals surface area contributed by atoms with Crippen LogP contribution in [0.4, 0.5) is 0 Å². The number of benzene rings is 1. The Bertz CT molecular complexity index is 447. The normalized spacial score (nSPS) is 11.8. The minimum absolute atomic E-state index is 0.113. The molecule has 0 aromatic heterocycles. The number of methoxy groups -OCH3 is 3. The molecule has 6 heteroatoms. The fourth-order valence-corrected chi connectivity index (χ4v) is 2.03. The highest BCUT2D eigenvalue weighted by Crippen LogP contribution is 2.40. The Labute approximate surface area is 117 Å². The third-order valence-corrected chi connectivity index (χ3v) is 3.11. The van der Waals surface area contributed by atoms with Crippen molar-refractivity contribution >= 4 is 17.6 Å². The SMILES string of the molecule is COC(=O)CCC(O)c1ccc(OC)c(OC)c1Cl. The molecule has 0 saturated heterocycles. The second kappa shape index (κ2) is 7.21. The molecule has 1 rings (SSSR count). The van der Waals surface area contributed by atoms with Crippen molar-refractivity contribution in [1.82, 2.24) is 0 Å². The fraction of sp³-hybridized carbons (Fsp3) is 0.462. The average molecular weight is 289 g/mol. The number of esters is 1. The molecule has 19 heavy (non-hydrogen) atoms. The zero-order chi connectivity index (χ0) is 14.4. The van der Waals surface area contributed by atoms with E-state index in [9.17, 15) is 9.90 Å². The molecule has 0 heterocycles. The van der Waals surface area contributed by atoms with E-state index in [2.05, 4.69) is 4.74 Å². The van der Waals surface area contributed by atoms with Crippen molar-refractivity contribution in [2.45, 2.75) is 18.9 Å². The highest BCUT2D eigenvalue weighted by atomic mass is 35.5. The van der Waals surface area contributed by atoms with Crippen molar-refractivity contribution in [1.29, 1.82) is 0 Å². The highest BCUT2D eigenvalue weighted by molar-refractivity contribution is 6.33. The van der Waals surface area contributed by atoms with Crippen LogP contribution in [0, 0.1) is 0 Å². The van der Waals surface area contributed by atoms with Gasteiger partial charge in [0.1, 0.15) is 0 Å². The van der Waals surface area contributed by atoms with Crippen molar-refractivity contribution < 1.29 is 24.1 Å². The van der Waals surface area contributed by atoms with E-state index in [0.717, 1.165) is 0 Å². The third kappa shape index (κ3) is 3.75. The Kier molecular flexibility index (Phi) is 5.92. The molecule has 1 atom stereocenters. The molecule has 106 valence electrons. The maximum atomic E-state index is 11.0. The molecule has 0 radical (unpaired) electrons. The first-order valence-electron chi connectivity index (χ1n) is 5.70. The van der Waals surface area contributed by atoms with Crippen LogP contribution in [0.25, 0.3) is 0 Å². The lowest BCUT2D eigenvalue weighted by atomic mass is 10.0. The van der Waals surface area contributed by atoms with Crippen molar-refractivity contribution in [3.05, 3.63) is 22.7 Å². The summed E-state index contributed by atoms with van der Waals surface area (Å²) in [6.45, 7) is 0. The monoisotopic (exact) mass is 288 g/mol. The van der Waals surface area contributed by atoms with Gasteiger partial charge in [-0.1, -0.05) is 17.7 Å². The average Bonchev–Trinajstić information content (AvgIpc) is 2.43. The fourth-order valence-electron chi connectivity index (χ4n) is 1.67. The van der Waals surface area contributed by atoms with Gasteiger partial charge in [0.2, 0.25) is 0 Å². The lowest BCUT2D eigenvalue weighted by Gasteiger charge is -2.16. The van der Waals surface area contributed by atoms with Gasteiger partial charge in [-0.2, -0.15) is 0 Å². The standard InChI is InChI=1S/C13H17ClO5/c1-17-10-6-4-8(12(14)13(10)19-3)9(15)5-7-11(16)18-2/h4,6,9,15H,5,7H2,1-3H3. The van der Waals surface area contributed by atoms with Gasteiger partial charge in [0, 0.05) is 12.0 Å². The number of hydrogen-bond acceptors (Lipinski definition) is 5. The van der Waals surface area contributed by atoms with Crippen LogP contribution in [-0.4, -0.2) is 32.4 Å². The van der Waals surface area contributed by atoms with Crippen LogP contribution in [0.15, 0.2) is 12.1 Å². The molecule has 0 amide bonds. The quantitative estimate of drug-likeness (QED) is 0.814. The zero-order valence-corrected chi connectivity index (χ0v) is 11.9. The zero-order valence-electron chi connectivity index (χ0n) is 11.1. The number of carbonyl (C=O) groups excluding carboxylic acids is 1. The largest absolute Gasteiger partial charge is 0.493 e. The maximum absolute atomic E-state index is 11.0. The minimum Gasteiger partial charge on any atom is -0.493 e. The predicted molar refractivity (Wildman–Crippen MR) is 70.8 cm³/mol. The first kappa shape index (κ1) is 15.6. The molecule has 0 aliphatic rings. The summed E-state index contributed by atoms with van der Waals surface area (Å²) in [6.07, 6.45) is -0.532. The second-order valence-corrected chi connectivity index (χ2v) is 4.21. The Morgan fingerprint density at radius 3 is 2.53 bits per heavy atom. The van der Waals surface area contributed by atoms with Crippen molar-refractivity contribution in [2.24, 2.45) is 0 Å². The molecule has 1 aromatic carbocycles. The Balaban J connectivity index is 2.91. The molecule has 5 nitrogen and oxygen atoms in total. The van der Waals surface area contributed by atoms with Gasteiger partial charge >= 0.3 is 5.97 Å². The van der Waals surface area contributed by atoms with E-state index in [0.29, 0.717) is 17.1 Å². The summed E-state index contributed by atoms with van der Waals surface area (Å²) >= 11 is 6.16. The van der Waals surface area contributed by atoms with Crippen LogP contribution in [-0.2, 0) is 9.53 Å².